The number of hydrazine groups is 1. The van der Waals surface area contributed by atoms with Crippen LogP contribution < -0.4 is 26.1 Å². The largest absolute Gasteiger partial charge is 0.370 e. The first kappa shape index (κ1) is 31.8. The van der Waals surface area contributed by atoms with Crippen LogP contribution in [0.2, 0.25) is 0 Å². The number of carbonyl (C=O) groups is 2. The third kappa shape index (κ3) is 6.40. The van der Waals surface area contributed by atoms with Crippen LogP contribution in [0.25, 0.3) is 11.0 Å². The summed E-state index contributed by atoms with van der Waals surface area (Å²) in [6.45, 7) is 14.9. The molecule has 1 saturated carbocycles. The zero-order valence-electron chi connectivity index (χ0n) is 28.0. The number of piperidine rings is 2. The van der Waals surface area contributed by atoms with Gasteiger partial charge in [0.2, 0.25) is 0 Å². The van der Waals surface area contributed by atoms with E-state index >= 15 is 0 Å². The Morgan fingerprint density at radius 3 is 2.45 bits per heavy atom. The van der Waals surface area contributed by atoms with Gasteiger partial charge < -0.3 is 15.1 Å². The second-order valence-corrected chi connectivity index (χ2v) is 15.1. The molecule has 4 fully saturated rings. The summed E-state index contributed by atoms with van der Waals surface area (Å²) in [4.78, 5) is 46.6. The minimum Gasteiger partial charge on any atom is -0.370 e. The maximum absolute atomic E-state index is 13.0. The van der Waals surface area contributed by atoms with E-state index in [9.17, 15) is 9.59 Å². The number of hydrogen-bond acceptors (Lipinski definition) is 9. The number of aromatic nitrogens is 4. The van der Waals surface area contributed by atoms with Crippen molar-refractivity contribution < 1.29 is 14.4 Å². The van der Waals surface area contributed by atoms with E-state index < -0.39 is 0 Å². The summed E-state index contributed by atoms with van der Waals surface area (Å²) in [5, 5.41) is 8.86. The molecule has 3 aromatic rings. The first-order chi connectivity index (χ1) is 22.6. The molecule has 3 N–H and O–H groups in total. The Hall–Kier alpha value is -3.81. The van der Waals surface area contributed by atoms with Crippen molar-refractivity contribution in [2.45, 2.75) is 71.9 Å². The lowest BCUT2D eigenvalue weighted by molar-refractivity contribution is -0.0367. The molecule has 13 nitrogen and oxygen atoms in total. The SMILES string of the molecule is CC1(C)CC(C)(C)C1NC(=O)c1ccc(N2CCC(CN3CCC(n4ncc5c(N6CCONNC6=O)ccnc54)CC3)CC2)cn1. The number of nitrogens with zero attached hydrogens (tertiary/aromatic N) is 7. The van der Waals surface area contributed by atoms with Gasteiger partial charge in [0.15, 0.2) is 5.65 Å². The number of anilines is 2. The van der Waals surface area contributed by atoms with Crippen LogP contribution in [0.1, 0.15) is 76.3 Å². The molecule has 1 aliphatic carbocycles. The van der Waals surface area contributed by atoms with Gasteiger partial charge in [-0.2, -0.15) is 5.10 Å². The van der Waals surface area contributed by atoms with Gasteiger partial charge in [-0.25, -0.2) is 24.9 Å². The molecule has 3 saturated heterocycles. The normalized spacial score (nSPS) is 22.9. The van der Waals surface area contributed by atoms with Gasteiger partial charge in [0.1, 0.15) is 5.69 Å². The van der Waals surface area contributed by atoms with Crippen molar-refractivity contribution in [3.8, 4) is 0 Å². The second kappa shape index (κ2) is 12.7. The molecule has 3 aliphatic heterocycles. The predicted molar refractivity (Wildman–Crippen MR) is 180 cm³/mol. The average molecular weight is 645 g/mol. The molecular weight excluding hydrogens is 596 g/mol. The summed E-state index contributed by atoms with van der Waals surface area (Å²) >= 11 is 0. The Morgan fingerprint density at radius 1 is 0.979 bits per heavy atom. The highest BCUT2D eigenvalue weighted by molar-refractivity contribution is 6.01. The molecule has 3 amide bonds. The molecule has 13 heteroatoms. The van der Waals surface area contributed by atoms with Crippen LogP contribution in [0, 0.1) is 16.7 Å². The molecule has 0 radical (unpaired) electrons. The highest BCUT2D eigenvalue weighted by Crippen LogP contribution is 2.53. The highest BCUT2D eigenvalue weighted by atomic mass is 16.7. The second-order valence-electron chi connectivity index (χ2n) is 15.1. The van der Waals surface area contributed by atoms with E-state index in [1.165, 1.54) is 0 Å². The molecule has 0 bridgehead atoms. The van der Waals surface area contributed by atoms with Crippen LogP contribution in [0.3, 0.4) is 0 Å². The molecule has 0 spiro atoms. The van der Waals surface area contributed by atoms with Crippen LogP contribution in [0.15, 0.2) is 36.8 Å². The Bertz CT molecular complexity index is 1580. The molecule has 0 unspecified atom stereocenters. The molecule has 4 aliphatic rings. The monoisotopic (exact) mass is 644 g/mol. The van der Waals surface area contributed by atoms with Crippen molar-refractivity contribution in [3.63, 3.8) is 0 Å². The topological polar surface area (TPSA) is 133 Å². The predicted octanol–water partition coefficient (Wildman–Crippen LogP) is 3.90. The standard InChI is InChI=1S/C34H48N10O3/c1-33(2)22-34(3,4)31(33)38-30(45)27-6-5-25(19-36-27)42-15-8-23(9-16-42)21-41-13-10-24(11-14-41)44-29-26(20-37-44)28(7-12-35-29)43-17-18-47-40-39-32(43)46/h5-7,12,19-20,23-24,31,40H,8-11,13-18,21-22H2,1-4H3,(H,38,45)(H,39,46). The van der Waals surface area contributed by atoms with E-state index in [-0.39, 0.29) is 34.9 Å². The fourth-order valence-corrected chi connectivity index (χ4v) is 8.80. The number of hydrogen-bond donors (Lipinski definition) is 3. The Labute approximate surface area is 276 Å². The fourth-order valence-electron chi connectivity index (χ4n) is 8.80. The summed E-state index contributed by atoms with van der Waals surface area (Å²) < 4.78 is 2.05. The zero-order chi connectivity index (χ0) is 32.8. The number of nitrogens with one attached hydrogen (secondary N) is 3. The van der Waals surface area contributed by atoms with Gasteiger partial charge in [-0.05, 0) is 67.1 Å². The summed E-state index contributed by atoms with van der Waals surface area (Å²) in [6.07, 6.45) is 10.9. The first-order valence-corrected chi connectivity index (χ1v) is 17.1. The third-order valence-corrected chi connectivity index (χ3v) is 10.8. The number of amides is 3. The smallest absolute Gasteiger partial charge is 0.338 e. The maximum atomic E-state index is 13.0. The molecular formula is C34H48N10O3. The minimum absolute atomic E-state index is 0.0817. The maximum Gasteiger partial charge on any atom is 0.338 e. The van der Waals surface area contributed by atoms with Gasteiger partial charge in [-0.3, -0.25) is 14.5 Å². The van der Waals surface area contributed by atoms with E-state index in [1.54, 1.807) is 11.1 Å². The molecule has 6 heterocycles. The van der Waals surface area contributed by atoms with E-state index in [0.29, 0.717) is 24.8 Å². The van der Waals surface area contributed by atoms with Gasteiger partial charge in [-0.15, -0.1) is 5.59 Å². The van der Waals surface area contributed by atoms with E-state index in [2.05, 4.69) is 74.5 Å². The van der Waals surface area contributed by atoms with Crippen LogP contribution in [-0.2, 0) is 4.84 Å². The van der Waals surface area contributed by atoms with E-state index in [1.807, 2.05) is 24.5 Å². The zero-order valence-corrected chi connectivity index (χ0v) is 28.0. The molecule has 0 aromatic carbocycles. The molecule has 0 atom stereocenters. The van der Waals surface area contributed by atoms with Gasteiger partial charge in [-0.1, -0.05) is 27.7 Å². The number of fused-ring (bicyclic) bond motifs is 1. The Morgan fingerprint density at radius 2 is 1.74 bits per heavy atom. The van der Waals surface area contributed by atoms with Crippen LogP contribution in [0.5, 0.6) is 0 Å². The lowest BCUT2D eigenvalue weighted by Gasteiger charge is -2.57. The highest BCUT2D eigenvalue weighted by Gasteiger charge is 2.53. The quantitative estimate of drug-likeness (QED) is 0.350. The lowest BCUT2D eigenvalue weighted by atomic mass is 9.52. The van der Waals surface area contributed by atoms with Crippen molar-refractivity contribution >= 4 is 34.3 Å². The summed E-state index contributed by atoms with van der Waals surface area (Å²) in [5.74, 6) is 0.588. The first-order valence-electron chi connectivity index (χ1n) is 17.1. The third-order valence-electron chi connectivity index (χ3n) is 10.8. The number of urea groups is 1. The van der Waals surface area contributed by atoms with Crippen molar-refractivity contribution in [1.82, 2.24) is 41.0 Å². The number of likely N-dealkylation sites (tertiary alicyclic amines) is 1. The van der Waals surface area contributed by atoms with Gasteiger partial charge in [0.05, 0.1) is 48.3 Å². The van der Waals surface area contributed by atoms with Crippen molar-refractivity contribution in [2.24, 2.45) is 16.7 Å². The van der Waals surface area contributed by atoms with Gasteiger partial charge in [0.25, 0.3) is 5.91 Å². The summed E-state index contributed by atoms with van der Waals surface area (Å²) in [6, 6.07) is 5.94. The van der Waals surface area contributed by atoms with Crippen molar-refractivity contribution in [1.29, 1.82) is 0 Å². The van der Waals surface area contributed by atoms with Gasteiger partial charge in [0, 0.05) is 45.0 Å². The lowest BCUT2D eigenvalue weighted by Crippen LogP contribution is -2.63. The van der Waals surface area contributed by atoms with Gasteiger partial charge >= 0.3 is 6.03 Å². The fraction of sp³-hybridized carbons (Fsp3) is 0.618. The van der Waals surface area contributed by atoms with Crippen LogP contribution in [-0.4, -0.2) is 88.5 Å². The summed E-state index contributed by atoms with van der Waals surface area (Å²) in [7, 11) is 0. The average Bonchev–Trinajstić information content (AvgIpc) is 3.38. The molecule has 47 heavy (non-hydrogen) atoms. The van der Waals surface area contributed by atoms with Crippen LogP contribution in [0.4, 0.5) is 16.2 Å². The molecule has 3 aromatic heterocycles. The molecule has 7 rings (SSSR count). The molecule has 252 valence electrons. The Balaban J connectivity index is 0.887. The minimum atomic E-state index is -0.270. The van der Waals surface area contributed by atoms with E-state index in [0.717, 1.165) is 87.2 Å². The number of pyridine rings is 2. The van der Waals surface area contributed by atoms with Crippen molar-refractivity contribution in [2.75, 3.05) is 55.7 Å². The number of carbonyl (C=O) groups excluding carboxylic acids is 2. The van der Waals surface area contributed by atoms with E-state index in [4.69, 9.17) is 9.94 Å². The number of rotatable bonds is 7. The Kier molecular flexibility index (Phi) is 8.56. The van der Waals surface area contributed by atoms with Crippen LogP contribution >= 0.6 is 0 Å². The summed E-state index contributed by atoms with van der Waals surface area (Å²) in [5.41, 5.74) is 8.40. The van der Waals surface area contributed by atoms with Crippen molar-refractivity contribution in [3.05, 3.63) is 42.5 Å².